The van der Waals surface area contributed by atoms with Crippen LogP contribution in [0.2, 0.25) is 0 Å². The summed E-state index contributed by atoms with van der Waals surface area (Å²) < 4.78 is 26.7. The number of carbonyl (C=O) groups is 1. The predicted molar refractivity (Wildman–Crippen MR) is 112 cm³/mol. The lowest BCUT2D eigenvalue weighted by Gasteiger charge is -2.11. The third-order valence-corrected chi connectivity index (χ3v) is 5.52. The van der Waals surface area contributed by atoms with Crippen molar-refractivity contribution in [3.8, 4) is 0 Å². The maximum atomic E-state index is 12.0. The zero-order valence-electron chi connectivity index (χ0n) is 16.0. The predicted octanol–water partition coefficient (Wildman–Crippen LogP) is 4.31. The summed E-state index contributed by atoms with van der Waals surface area (Å²) in [4.78, 5) is 14.9. The van der Waals surface area contributed by atoms with Crippen molar-refractivity contribution < 1.29 is 18.3 Å². The molecule has 0 aliphatic rings. The average Bonchev–Trinajstić information content (AvgIpc) is 2.67. The molecule has 0 bridgehead atoms. The van der Waals surface area contributed by atoms with Crippen LogP contribution in [0.25, 0.3) is 5.57 Å². The minimum atomic E-state index is -3.34. The van der Waals surface area contributed by atoms with Crippen molar-refractivity contribution in [2.24, 2.45) is 0 Å². The quantitative estimate of drug-likeness (QED) is 0.546. The molecule has 1 aromatic carbocycles. The highest BCUT2D eigenvalue weighted by atomic mass is 32.2. The number of nitrogens with one attached hydrogen (secondary N) is 1. The summed E-state index contributed by atoms with van der Waals surface area (Å²) in [6, 6.07) is 11.0. The first-order valence-electron chi connectivity index (χ1n) is 9.34. The molecule has 0 saturated heterocycles. The summed E-state index contributed by atoms with van der Waals surface area (Å²) in [5, 5.41) is 8.80. The molecule has 7 heteroatoms. The number of allylic oxidation sites excluding steroid dienone is 1. The fourth-order valence-electron chi connectivity index (χ4n) is 2.71. The van der Waals surface area contributed by atoms with Gasteiger partial charge >= 0.3 is 5.97 Å². The number of benzene rings is 1. The van der Waals surface area contributed by atoms with Crippen LogP contribution in [-0.2, 0) is 14.8 Å². The van der Waals surface area contributed by atoms with Crippen LogP contribution in [0.1, 0.15) is 50.2 Å². The van der Waals surface area contributed by atoms with E-state index in [2.05, 4.69) is 9.71 Å². The van der Waals surface area contributed by atoms with E-state index in [0.717, 1.165) is 23.1 Å². The Bertz CT molecular complexity index is 892. The van der Waals surface area contributed by atoms with E-state index in [9.17, 15) is 13.2 Å². The highest BCUT2D eigenvalue weighted by Crippen LogP contribution is 2.25. The number of rotatable bonds is 11. The van der Waals surface area contributed by atoms with Crippen molar-refractivity contribution in [2.45, 2.75) is 39.0 Å². The molecular formula is C21H26N2O4S. The number of sulfonamides is 1. The summed E-state index contributed by atoms with van der Waals surface area (Å²) in [5.41, 5.74) is 3.31. The maximum Gasteiger partial charge on any atom is 0.303 e. The number of pyridine rings is 1. The van der Waals surface area contributed by atoms with Crippen molar-refractivity contribution in [1.82, 2.24) is 4.98 Å². The highest BCUT2D eigenvalue weighted by molar-refractivity contribution is 7.92. The van der Waals surface area contributed by atoms with Gasteiger partial charge in [-0.25, -0.2) is 8.42 Å². The van der Waals surface area contributed by atoms with Crippen molar-refractivity contribution in [3.63, 3.8) is 0 Å². The van der Waals surface area contributed by atoms with Gasteiger partial charge in [0.25, 0.3) is 0 Å². The van der Waals surface area contributed by atoms with E-state index in [1.54, 1.807) is 24.5 Å². The van der Waals surface area contributed by atoms with E-state index < -0.39 is 16.0 Å². The standard InChI is InChI=1S/C21H26N2O4S/c1-2-3-15-28(26,27)23-19-12-10-17(11-13-19)20(8-4-5-9-21(24)25)18-7-6-14-22-16-18/h6-8,10-14,16,23H,2-5,9,15H2,1H3,(H,24,25). The summed E-state index contributed by atoms with van der Waals surface area (Å²) in [6.45, 7) is 1.95. The zero-order valence-corrected chi connectivity index (χ0v) is 16.8. The van der Waals surface area contributed by atoms with Crippen molar-refractivity contribution in [3.05, 3.63) is 66.0 Å². The lowest BCUT2D eigenvalue weighted by molar-refractivity contribution is -0.137. The summed E-state index contributed by atoms with van der Waals surface area (Å²) in [7, 11) is -3.34. The molecule has 2 rings (SSSR count). The Kier molecular flexibility index (Phi) is 8.19. The van der Waals surface area contributed by atoms with Crippen LogP contribution < -0.4 is 4.72 Å². The number of carboxylic acids is 1. The van der Waals surface area contributed by atoms with Gasteiger partial charge in [-0.15, -0.1) is 0 Å². The number of aliphatic carboxylic acids is 1. The molecule has 2 aromatic rings. The number of nitrogens with zero attached hydrogens (tertiary/aromatic N) is 1. The van der Waals surface area contributed by atoms with Crippen LogP contribution in [0.4, 0.5) is 5.69 Å². The van der Waals surface area contributed by atoms with Gasteiger partial charge in [0.2, 0.25) is 10.0 Å². The van der Waals surface area contributed by atoms with Crippen LogP contribution in [-0.4, -0.2) is 30.2 Å². The summed E-state index contributed by atoms with van der Waals surface area (Å²) in [5.74, 6) is -0.702. The monoisotopic (exact) mass is 402 g/mol. The largest absolute Gasteiger partial charge is 0.481 e. The number of unbranched alkanes of at least 4 members (excludes halogenated alkanes) is 2. The van der Waals surface area contributed by atoms with E-state index in [-0.39, 0.29) is 12.2 Å². The number of hydrogen-bond donors (Lipinski definition) is 2. The van der Waals surface area contributed by atoms with Gasteiger partial charge in [0, 0.05) is 30.1 Å². The molecule has 0 radical (unpaired) electrons. The first-order valence-corrected chi connectivity index (χ1v) is 11.0. The lowest BCUT2D eigenvalue weighted by atomic mass is 9.97. The number of carboxylic acid groups (broad SMARTS) is 1. The molecule has 0 aliphatic carbocycles. The van der Waals surface area contributed by atoms with Crippen molar-refractivity contribution in [1.29, 1.82) is 0 Å². The minimum absolute atomic E-state index is 0.107. The number of aromatic nitrogens is 1. The molecule has 28 heavy (non-hydrogen) atoms. The van der Waals surface area contributed by atoms with Gasteiger partial charge in [0.15, 0.2) is 0 Å². The average molecular weight is 403 g/mol. The van der Waals surface area contributed by atoms with Gasteiger partial charge in [0.05, 0.1) is 5.75 Å². The Labute approximate surface area is 166 Å². The van der Waals surface area contributed by atoms with E-state index in [1.165, 1.54) is 0 Å². The van der Waals surface area contributed by atoms with Crippen LogP contribution >= 0.6 is 0 Å². The Morgan fingerprint density at radius 1 is 1.14 bits per heavy atom. The van der Waals surface area contributed by atoms with Gasteiger partial charge in [-0.3, -0.25) is 14.5 Å². The molecule has 0 amide bonds. The van der Waals surface area contributed by atoms with Gasteiger partial charge < -0.3 is 5.11 Å². The number of hydrogen-bond acceptors (Lipinski definition) is 4. The molecule has 6 nitrogen and oxygen atoms in total. The molecule has 0 aliphatic heterocycles. The lowest BCUT2D eigenvalue weighted by Crippen LogP contribution is -2.16. The number of anilines is 1. The van der Waals surface area contributed by atoms with Crippen LogP contribution in [0.15, 0.2) is 54.9 Å². The SMILES string of the molecule is CCCCS(=O)(=O)Nc1ccc(C(=CCCCC(=O)O)c2cccnc2)cc1. The molecule has 0 unspecified atom stereocenters. The first-order chi connectivity index (χ1) is 13.4. The van der Waals surface area contributed by atoms with Crippen LogP contribution in [0.5, 0.6) is 0 Å². The second-order valence-corrected chi connectivity index (χ2v) is 8.34. The molecular weight excluding hydrogens is 376 g/mol. The third kappa shape index (κ3) is 7.15. The van der Waals surface area contributed by atoms with E-state index in [0.29, 0.717) is 24.9 Å². The molecule has 0 saturated carbocycles. The molecule has 0 fully saturated rings. The van der Waals surface area contributed by atoms with Crippen LogP contribution in [0.3, 0.4) is 0 Å². The van der Waals surface area contributed by atoms with Crippen LogP contribution in [0, 0.1) is 0 Å². The van der Waals surface area contributed by atoms with Gasteiger partial charge in [-0.2, -0.15) is 0 Å². The van der Waals surface area contributed by atoms with Crippen molar-refractivity contribution in [2.75, 3.05) is 10.5 Å². The van der Waals surface area contributed by atoms with Crippen molar-refractivity contribution >= 4 is 27.3 Å². The zero-order chi connectivity index (χ0) is 20.4. The fourth-order valence-corrected chi connectivity index (χ4v) is 3.97. The van der Waals surface area contributed by atoms with E-state index in [4.69, 9.17) is 5.11 Å². The normalized spacial score (nSPS) is 12.0. The Morgan fingerprint density at radius 2 is 1.89 bits per heavy atom. The van der Waals surface area contributed by atoms with E-state index >= 15 is 0 Å². The van der Waals surface area contributed by atoms with Gasteiger partial charge in [-0.1, -0.05) is 37.6 Å². The van der Waals surface area contributed by atoms with Gasteiger partial charge in [-0.05, 0) is 48.6 Å². The maximum absolute atomic E-state index is 12.0. The Morgan fingerprint density at radius 3 is 2.50 bits per heavy atom. The fraction of sp³-hybridized carbons (Fsp3) is 0.333. The second-order valence-electron chi connectivity index (χ2n) is 6.50. The smallest absolute Gasteiger partial charge is 0.303 e. The summed E-state index contributed by atoms with van der Waals surface area (Å²) >= 11 is 0. The second kappa shape index (κ2) is 10.6. The molecule has 0 spiro atoms. The third-order valence-electron chi connectivity index (χ3n) is 4.15. The first kappa shape index (κ1) is 21.6. The van der Waals surface area contributed by atoms with Gasteiger partial charge in [0.1, 0.15) is 0 Å². The Balaban J connectivity index is 2.19. The Hall–Kier alpha value is -2.67. The summed E-state index contributed by atoms with van der Waals surface area (Å²) in [6.07, 6.45) is 8.19. The molecule has 150 valence electrons. The van der Waals surface area contributed by atoms with E-state index in [1.807, 2.05) is 37.3 Å². The molecule has 1 aromatic heterocycles. The topological polar surface area (TPSA) is 96.4 Å². The highest BCUT2D eigenvalue weighted by Gasteiger charge is 2.10. The molecule has 1 heterocycles. The minimum Gasteiger partial charge on any atom is -0.481 e. The molecule has 0 atom stereocenters. The molecule has 2 N–H and O–H groups in total.